The Bertz CT molecular complexity index is 441. The molecule has 0 aliphatic rings. The Labute approximate surface area is 100 Å². The summed E-state index contributed by atoms with van der Waals surface area (Å²) in [4.78, 5) is 9.57. The summed E-state index contributed by atoms with van der Waals surface area (Å²) >= 11 is 2.71. The Morgan fingerprint density at radius 2 is 2.00 bits per heavy atom. The lowest BCUT2D eigenvalue weighted by Crippen LogP contribution is -2.33. The Morgan fingerprint density at radius 1 is 1.41 bits per heavy atom. The first-order valence-electron chi connectivity index (χ1n) is 4.03. The van der Waals surface area contributed by atoms with Gasteiger partial charge in [0.25, 0.3) is 5.69 Å². The molecule has 0 heterocycles. The standard InChI is InChI=1S/C8H4BrF4NO3/c9-5-3-4(14(15)16)1-2-6(5)17-8(12,13)7(10)11/h1-3,7H. The van der Waals surface area contributed by atoms with Gasteiger partial charge in [-0.15, -0.1) is 0 Å². The molecular weight excluding hydrogens is 314 g/mol. The molecule has 17 heavy (non-hydrogen) atoms. The molecule has 0 N–H and O–H groups in total. The van der Waals surface area contributed by atoms with E-state index in [0.29, 0.717) is 0 Å². The first kappa shape index (κ1) is 13.7. The fourth-order valence-electron chi connectivity index (χ4n) is 0.877. The van der Waals surface area contributed by atoms with Crippen molar-refractivity contribution >= 4 is 21.6 Å². The molecule has 0 unspecified atom stereocenters. The van der Waals surface area contributed by atoms with E-state index < -0.39 is 23.2 Å². The van der Waals surface area contributed by atoms with Gasteiger partial charge in [0, 0.05) is 12.1 Å². The summed E-state index contributed by atoms with van der Waals surface area (Å²) in [6, 6.07) is 2.54. The molecule has 1 aromatic rings. The van der Waals surface area contributed by atoms with Crippen LogP contribution in [0.1, 0.15) is 0 Å². The van der Waals surface area contributed by atoms with Gasteiger partial charge in [-0.2, -0.15) is 17.6 Å². The van der Waals surface area contributed by atoms with E-state index in [1.165, 1.54) is 0 Å². The molecule has 0 saturated heterocycles. The topological polar surface area (TPSA) is 52.4 Å². The Balaban J connectivity index is 2.98. The molecule has 1 aromatic carbocycles. The van der Waals surface area contributed by atoms with Gasteiger partial charge in [0.05, 0.1) is 9.40 Å². The van der Waals surface area contributed by atoms with E-state index in [2.05, 4.69) is 20.7 Å². The predicted octanol–water partition coefficient (Wildman–Crippen LogP) is 3.59. The zero-order valence-corrected chi connectivity index (χ0v) is 9.46. The summed E-state index contributed by atoms with van der Waals surface area (Å²) < 4.78 is 52.3. The highest BCUT2D eigenvalue weighted by atomic mass is 79.9. The van der Waals surface area contributed by atoms with Gasteiger partial charge in [0.15, 0.2) is 0 Å². The molecule has 0 atom stereocenters. The van der Waals surface area contributed by atoms with E-state index in [9.17, 15) is 27.7 Å². The maximum Gasteiger partial charge on any atom is 0.461 e. The van der Waals surface area contributed by atoms with E-state index in [1.54, 1.807) is 0 Å². The first-order chi connectivity index (χ1) is 7.74. The molecule has 0 aromatic heterocycles. The zero-order chi connectivity index (χ0) is 13.2. The number of nitrogens with zero attached hydrogens (tertiary/aromatic N) is 1. The fraction of sp³-hybridized carbons (Fsp3) is 0.250. The minimum Gasteiger partial charge on any atom is -0.427 e. The maximum absolute atomic E-state index is 12.5. The van der Waals surface area contributed by atoms with Crippen LogP contribution in [0.3, 0.4) is 0 Å². The monoisotopic (exact) mass is 317 g/mol. The van der Waals surface area contributed by atoms with Crippen LogP contribution < -0.4 is 4.74 Å². The highest BCUT2D eigenvalue weighted by Crippen LogP contribution is 2.34. The van der Waals surface area contributed by atoms with E-state index in [0.717, 1.165) is 18.2 Å². The molecule has 0 amide bonds. The summed E-state index contributed by atoms with van der Waals surface area (Å²) in [6.07, 6.45) is -8.65. The predicted molar refractivity (Wildman–Crippen MR) is 52.4 cm³/mol. The number of nitro groups is 1. The average molecular weight is 318 g/mol. The number of alkyl halides is 4. The van der Waals surface area contributed by atoms with Gasteiger partial charge < -0.3 is 4.74 Å². The lowest BCUT2D eigenvalue weighted by Gasteiger charge is -2.17. The summed E-state index contributed by atoms with van der Waals surface area (Å²) in [5.74, 6) is -0.610. The molecule has 0 saturated carbocycles. The number of ether oxygens (including phenoxy) is 1. The van der Waals surface area contributed by atoms with Crippen molar-refractivity contribution in [2.24, 2.45) is 0 Å². The van der Waals surface area contributed by atoms with Gasteiger partial charge in [-0.25, -0.2) is 0 Å². The molecule has 0 aliphatic carbocycles. The van der Waals surface area contributed by atoms with Gasteiger partial charge in [-0.1, -0.05) is 0 Å². The molecule has 0 bridgehead atoms. The second-order valence-corrected chi connectivity index (χ2v) is 3.69. The SMILES string of the molecule is O=[N+]([O-])c1ccc(OC(F)(F)C(F)F)c(Br)c1. The Hall–Kier alpha value is -1.38. The van der Waals surface area contributed by atoms with Crippen LogP contribution in [-0.2, 0) is 0 Å². The van der Waals surface area contributed by atoms with Crippen molar-refractivity contribution in [3.63, 3.8) is 0 Å². The third-order valence-electron chi connectivity index (χ3n) is 1.63. The molecule has 94 valence electrons. The van der Waals surface area contributed by atoms with Crippen LogP contribution in [0.5, 0.6) is 5.75 Å². The molecule has 0 aliphatic heterocycles. The number of benzene rings is 1. The van der Waals surface area contributed by atoms with Gasteiger partial charge in [-0.05, 0) is 22.0 Å². The maximum atomic E-state index is 12.5. The minimum atomic E-state index is -4.65. The van der Waals surface area contributed by atoms with Crippen molar-refractivity contribution in [3.8, 4) is 5.75 Å². The van der Waals surface area contributed by atoms with Crippen molar-refractivity contribution in [2.75, 3.05) is 0 Å². The third kappa shape index (κ3) is 3.29. The van der Waals surface area contributed by atoms with Gasteiger partial charge in [0.2, 0.25) is 0 Å². The van der Waals surface area contributed by atoms with Crippen molar-refractivity contribution in [1.82, 2.24) is 0 Å². The number of nitro benzene ring substituents is 1. The van der Waals surface area contributed by atoms with Crippen LogP contribution in [0.4, 0.5) is 23.2 Å². The second kappa shape index (κ2) is 4.86. The molecule has 4 nitrogen and oxygen atoms in total. The van der Waals surface area contributed by atoms with Crippen molar-refractivity contribution in [3.05, 3.63) is 32.8 Å². The normalized spacial score (nSPS) is 11.6. The molecular formula is C8H4BrF4NO3. The quantitative estimate of drug-likeness (QED) is 0.484. The number of halogens is 5. The van der Waals surface area contributed by atoms with E-state index in [1.807, 2.05) is 0 Å². The summed E-state index contributed by atoms with van der Waals surface area (Å²) in [5, 5.41) is 10.3. The lowest BCUT2D eigenvalue weighted by molar-refractivity contribution is -0.385. The molecule has 0 radical (unpaired) electrons. The molecule has 0 fully saturated rings. The van der Waals surface area contributed by atoms with Crippen LogP contribution in [0.15, 0.2) is 22.7 Å². The van der Waals surface area contributed by atoms with E-state index in [4.69, 9.17) is 0 Å². The summed E-state index contributed by atoms with van der Waals surface area (Å²) in [5.41, 5.74) is -0.385. The fourth-order valence-corrected chi connectivity index (χ4v) is 1.32. The number of rotatable bonds is 4. The number of hydrogen-bond acceptors (Lipinski definition) is 3. The van der Waals surface area contributed by atoms with Crippen molar-refractivity contribution in [2.45, 2.75) is 12.5 Å². The van der Waals surface area contributed by atoms with Crippen LogP contribution >= 0.6 is 15.9 Å². The zero-order valence-electron chi connectivity index (χ0n) is 7.87. The van der Waals surface area contributed by atoms with Crippen LogP contribution in [0, 0.1) is 10.1 Å². The van der Waals surface area contributed by atoms with Gasteiger partial charge in [0.1, 0.15) is 5.75 Å². The molecule has 9 heteroatoms. The minimum absolute atomic E-state index is 0.216. The summed E-state index contributed by atoms with van der Waals surface area (Å²) in [6.45, 7) is 0. The highest BCUT2D eigenvalue weighted by molar-refractivity contribution is 9.10. The average Bonchev–Trinajstić information content (AvgIpc) is 2.20. The number of hydrogen-bond donors (Lipinski definition) is 0. The van der Waals surface area contributed by atoms with Crippen LogP contribution in [0.25, 0.3) is 0 Å². The second-order valence-electron chi connectivity index (χ2n) is 2.84. The van der Waals surface area contributed by atoms with Crippen LogP contribution in [0.2, 0.25) is 0 Å². The lowest BCUT2D eigenvalue weighted by atomic mass is 10.3. The Morgan fingerprint density at radius 3 is 2.41 bits per heavy atom. The van der Waals surface area contributed by atoms with E-state index in [-0.39, 0.29) is 10.2 Å². The number of non-ortho nitro benzene ring substituents is 1. The highest BCUT2D eigenvalue weighted by Gasteiger charge is 2.44. The smallest absolute Gasteiger partial charge is 0.427 e. The third-order valence-corrected chi connectivity index (χ3v) is 2.25. The molecule has 1 rings (SSSR count). The first-order valence-corrected chi connectivity index (χ1v) is 4.82. The van der Waals surface area contributed by atoms with Crippen molar-refractivity contribution in [1.29, 1.82) is 0 Å². The van der Waals surface area contributed by atoms with Crippen molar-refractivity contribution < 1.29 is 27.2 Å². The largest absolute Gasteiger partial charge is 0.461 e. The van der Waals surface area contributed by atoms with Gasteiger partial charge >= 0.3 is 12.5 Å². The van der Waals surface area contributed by atoms with Gasteiger partial charge in [-0.3, -0.25) is 10.1 Å². The van der Waals surface area contributed by atoms with E-state index >= 15 is 0 Å². The van der Waals surface area contributed by atoms with Crippen LogP contribution in [-0.4, -0.2) is 17.5 Å². The Kier molecular flexibility index (Phi) is 3.91. The molecule has 0 spiro atoms. The summed E-state index contributed by atoms with van der Waals surface area (Å²) in [7, 11) is 0.